The van der Waals surface area contributed by atoms with Gasteiger partial charge in [0, 0.05) is 22.5 Å². The predicted molar refractivity (Wildman–Crippen MR) is 85.5 cm³/mol. The highest BCUT2D eigenvalue weighted by Crippen LogP contribution is 2.29. The van der Waals surface area contributed by atoms with Crippen molar-refractivity contribution in [3.8, 4) is 0 Å². The number of aromatic nitrogens is 1. The molecular weight excluding hydrogens is 329 g/mol. The van der Waals surface area contributed by atoms with Crippen LogP contribution in [0.1, 0.15) is 5.56 Å². The van der Waals surface area contributed by atoms with Crippen molar-refractivity contribution in [1.82, 2.24) is 3.97 Å². The van der Waals surface area contributed by atoms with E-state index < -0.39 is 10.0 Å². The fourth-order valence-corrected chi connectivity index (χ4v) is 4.05. The van der Waals surface area contributed by atoms with E-state index in [1.165, 1.54) is 3.97 Å². The summed E-state index contributed by atoms with van der Waals surface area (Å²) in [7, 11) is -3.65. The van der Waals surface area contributed by atoms with Crippen LogP contribution in [0.2, 0.25) is 5.02 Å². The van der Waals surface area contributed by atoms with Gasteiger partial charge < -0.3 is 0 Å². The second-order valence-corrected chi connectivity index (χ2v) is 7.08. The molecule has 1 aromatic heterocycles. The second-order valence-electron chi connectivity index (χ2n) is 4.56. The predicted octanol–water partition coefficient (Wildman–Crippen LogP) is 4.27. The van der Waals surface area contributed by atoms with Crippen LogP contribution in [0, 0.1) is 0 Å². The number of halogens is 2. The van der Waals surface area contributed by atoms with E-state index in [0.29, 0.717) is 10.5 Å². The summed E-state index contributed by atoms with van der Waals surface area (Å²) in [5.74, 6) is 0.216. The number of rotatable bonds is 3. The average molecular weight is 340 g/mol. The van der Waals surface area contributed by atoms with E-state index in [0.717, 1.165) is 10.9 Å². The third-order valence-corrected chi connectivity index (χ3v) is 5.47. The Morgan fingerprint density at radius 3 is 2.43 bits per heavy atom. The molecule has 0 spiro atoms. The number of hydrogen-bond donors (Lipinski definition) is 0. The maximum absolute atomic E-state index is 12.7. The Morgan fingerprint density at radius 1 is 1.05 bits per heavy atom. The Morgan fingerprint density at radius 2 is 1.76 bits per heavy atom. The first-order valence-electron chi connectivity index (χ1n) is 6.20. The summed E-state index contributed by atoms with van der Waals surface area (Å²) in [6.45, 7) is 0. The van der Waals surface area contributed by atoms with Crippen LogP contribution >= 0.6 is 23.2 Å². The first-order chi connectivity index (χ1) is 10.0. The van der Waals surface area contributed by atoms with Crippen molar-refractivity contribution in [3.05, 3.63) is 65.3 Å². The van der Waals surface area contributed by atoms with Crippen molar-refractivity contribution in [1.29, 1.82) is 0 Å². The van der Waals surface area contributed by atoms with Gasteiger partial charge in [0.15, 0.2) is 0 Å². The second kappa shape index (κ2) is 5.37. The lowest BCUT2D eigenvalue weighted by molar-refractivity contribution is 0.589. The molecule has 3 nitrogen and oxygen atoms in total. The van der Waals surface area contributed by atoms with Crippen LogP contribution in [-0.2, 0) is 15.9 Å². The first-order valence-corrected chi connectivity index (χ1v) is 8.55. The fraction of sp³-hybridized carbons (Fsp3) is 0.0667. The molecule has 0 aliphatic carbocycles. The molecule has 108 valence electrons. The fourth-order valence-electron chi connectivity index (χ4n) is 2.25. The molecule has 0 N–H and O–H groups in total. The van der Waals surface area contributed by atoms with Crippen molar-refractivity contribution in [3.63, 3.8) is 0 Å². The summed E-state index contributed by atoms with van der Waals surface area (Å²) in [6.07, 6.45) is 1.55. The van der Waals surface area contributed by atoms with E-state index in [1.54, 1.807) is 54.7 Å². The molecule has 0 atom stereocenters. The van der Waals surface area contributed by atoms with Crippen molar-refractivity contribution in [2.24, 2.45) is 0 Å². The lowest BCUT2D eigenvalue weighted by atomic mass is 10.2. The van der Waals surface area contributed by atoms with Gasteiger partial charge >= 0.3 is 0 Å². The zero-order chi connectivity index (χ0) is 15.0. The Bertz CT molecular complexity index is 902. The van der Waals surface area contributed by atoms with Crippen LogP contribution in [-0.4, -0.2) is 12.4 Å². The van der Waals surface area contributed by atoms with Crippen molar-refractivity contribution in [2.75, 3.05) is 0 Å². The molecule has 0 saturated heterocycles. The van der Waals surface area contributed by atoms with E-state index in [9.17, 15) is 8.42 Å². The van der Waals surface area contributed by atoms with Crippen LogP contribution in [0.3, 0.4) is 0 Å². The molecule has 3 rings (SSSR count). The normalized spacial score (nSPS) is 11.9. The molecular formula is C15H11Cl2NO2S. The average Bonchev–Trinajstić information content (AvgIpc) is 2.86. The lowest BCUT2D eigenvalue weighted by Gasteiger charge is -2.07. The van der Waals surface area contributed by atoms with Crippen LogP contribution in [0.5, 0.6) is 0 Å². The van der Waals surface area contributed by atoms with E-state index in [-0.39, 0.29) is 10.8 Å². The molecule has 6 heteroatoms. The topological polar surface area (TPSA) is 39.1 Å². The van der Waals surface area contributed by atoms with Gasteiger partial charge in [-0.25, -0.2) is 12.4 Å². The molecule has 0 fully saturated rings. The van der Waals surface area contributed by atoms with Crippen molar-refractivity contribution < 1.29 is 8.42 Å². The van der Waals surface area contributed by atoms with Gasteiger partial charge in [-0.1, -0.05) is 29.8 Å². The van der Waals surface area contributed by atoms with Crippen LogP contribution in [0.15, 0.2) is 59.6 Å². The largest absolute Gasteiger partial charge is 0.268 e. The minimum atomic E-state index is -3.65. The zero-order valence-electron chi connectivity index (χ0n) is 10.8. The quantitative estimate of drug-likeness (QED) is 0.668. The van der Waals surface area contributed by atoms with Crippen molar-refractivity contribution >= 4 is 44.1 Å². The molecule has 2 aromatic carbocycles. The molecule has 3 aromatic rings. The minimum Gasteiger partial charge on any atom is -0.241 e. The molecule has 0 amide bonds. The van der Waals surface area contributed by atoms with Gasteiger partial charge in [0.05, 0.1) is 10.4 Å². The number of fused-ring (bicyclic) bond motifs is 1. The lowest BCUT2D eigenvalue weighted by Crippen LogP contribution is -2.11. The zero-order valence-corrected chi connectivity index (χ0v) is 13.2. The number of nitrogens with zero attached hydrogens (tertiary/aromatic N) is 1. The first kappa shape index (κ1) is 14.4. The molecule has 0 aliphatic heterocycles. The minimum absolute atomic E-state index is 0.216. The standard InChI is InChI=1S/C15H11Cl2NO2S/c16-9-11-10-18(15-7-6-12(17)8-14(11)15)21(19,20)13-4-2-1-3-5-13/h1-8,10H,9H2. The Labute approximate surface area is 132 Å². The summed E-state index contributed by atoms with van der Waals surface area (Å²) < 4.78 is 26.8. The Kier molecular flexibility index (Phi) is 3.69. The maximum Gasteiger partial charge on any atom is 0.268 e. The van der Waals surface area contributed by atoms with Gasteiger partial charge in [0.25, 0.3) is 10.0 Å². The number of benzene rings is 2. The van der Waals surface area contributed by atoms with Gasteiger partial charge in [0.1, 0.15) is 0 Å². The highest BCUT2D eigenvalue weighted by molar-refractivity contribution is 7.90. The molecule has 0 radical (unpaired) electrons. The van der Waals surface area contributed by atoms with E-state index in [2.05, 4.69) is 0 Å². The Balaban J connectivity index is 2.31. The summed E-state index contributed by atoms with van der Waals surface area (Å²) >= 11 is 11.9. The maximum atomic E-state index is 12.7. The van der Waals surface area contributed by atoms with Crippen LogP contribution < -0.4 is 0 Å². The van der Waals surface area contributed by atoms with Gasteiger partial charge in [-0.2, -0.15) is 0 Å². The Hall–Kier alpha value is -1.49. The molecule has 0 saturated carbocycles. The van der Waals surface area contributed by atoms with E-state index in [1.807, 2.05) is 0 Å². The molecule has 0 unspecified atom stereocenters. The van der Waals surface area contributed by atoms with Gasteiger partial charge in [-0.15, -0.1) is 11.6 Å². The molecule has 1 heterocycles. The molecule has 0 aliphatic rings. The third-order valence-electron chi connectivity index (χ3n) is 3.26. The third kappa shape index (κ3) is 2.44. The summed E-state index contributed by atoms with van der Waals surface area (Å²) in [5.41, 5.74) is 1.30. The summed E-state index contributed by atoms with van der Waals surface area (Å²) in [5, 5.41) is 1.29. The number of alkyl halides is 1. The van der Waals surface area contributed by atoms with E-state index >= 15 is 0 Å². The van der Waals surface area contributed by atoms with Gasteiger partial charge in [-0.05, 0) is 35.9 Å². The molecule has 21 heavy (non-hydrogen) atoms. The van der Waals surface area contributed by atoms with E-state index in [4.69, 9.17) is 23.2 Å². The highest BCUT2D eigenvalue weighted by Gasteiger charge is 2.20. The smallest absolute Gasteiger partial charge is 0.241 e. The summed E-state index contributed by atoms with van der Waals surface area (Å²) in [4.78, 5) is 0.234. The van der Waals surface area contributed by atoms with Crippen LogP contribution in [0.25, 0.3) is 10.9 Å². The van der Waals surface area contributed by atoms with Crippen molar-refractivity contribution in [2.45, 2.75) is 10.8 Å². The monoisotopic (exact) mass is 339 g/mol. The number of hydrogen-bond acceptors (Lipinski definition) is 2. The van der Waals surface area contributed by atoms with Gasteiger partial charge in [0.2, 0.25) is 0 Å². The van der Waals surface area contributed by atoms with Crippen LogP contribution in [0.4, 0.5) is 0 Å². The summed E-state index contributed by atoms with van der Waals surface area (Å²) in [6, 6.07) is 13.4. The SMILES string of the molecule is O=S(=O)(c1ccccc1)n1cc(CCl)c2cc(Cl)ccc21. The van der Waals surface area contributed by atoms with Gasteiger partial charge in [-0.3, -0.25) is 0 Å². The highest BCUT2D eigenvalue weighted by atomic mass is 35.5. The molecule has 0 bridgehead atoms.